The van der Waals surface area contributed by atoms with Gasteiger partial charge < -0.3 is 15.4 Å². The summed E-state index contributed by atoms with van der Waals surface area (Å²) < 4.78 is 5.04. The molecule has 0 aromatic rings. The lowest BCUT2D eigenvalue weighted by Crippen LogP contribution is -2.48. The Hall–Kier alpha value is -1.03. The maximum absolute atomic E-state index is 11.0. The lowest BCUT2D eigenvalue weighted by Gasteiger charge is -2.36. The van der Waals surface area contributed by atoms with Crippen molar-refractivity contribution in [2.75, 3.05) is 20.3 Å². The van der Waals surface area contributed by atoms with Crippen LogP contribution in [0.3, 0.4) is 0 Å². The summed E-state index contributed by atoms with van der Waals surface area (Å²) in [5, 5.41) is 0. The van der Waals surface area contributed by atoms with Crippen molar-refractivity contribution >= 4 is 5.91 Å². The Morgan fingerprint density at radius 3 is 2.62 bits per heavy atom. The largest absolute Gasteiger partial charge is 0.377 e. The first-order chi connectivity index (χ1) is 6.16. The molecule has 1 heterocycles. The highest BCUT2D eigenvalue weighted by Gasteiger charge is 2.26. The zero-order valence-electron chi connectivity index (χ0n) is 8.12. The summed E-state index contributed by atoms with van der Waals surface area (Å²) in [6, 6.07) is 0.310. The Morgan fingerprint density at radius 2 is 2.31 bits per heavy atom. The normalized spacial score (nSPS) is 18.2. The summed E-state index contributed by atoms with van der Waals surface area (Å²) in [6.45, 7) is 3.35. The SMILES string of the molecule is CCC=C(C(N)=O)N(C)C1COC1. The van der Waals surface area contributed by atoms with E-state index in [4.69, 9.17) is 10.5 Å². The fraction of sp³-hybridized carbons (Fsp3) is 0.667. The van der Waals surface area contributed by atoms with Gasteiger partial charge in [-0.1, -0.05) is 13.0 Å². The molecule has 1 rings (SSSR count). The zero-order chi connectivity index (χ0) is 9.84. The number of nitrogens with zero attached hydrogens (tertiary/aromatic N) is 1. The smallest absolute Gasteiger partial charge is 0.264 e. The third-order valence-electron chi connectivity index (χ3n) is 2.20. The van der Waals surface area contributed by atoms with Crippen LogP contribution in [0, 0.1) is 0 Å². The standard InChI is InChI=1S/C9H16N2O2/c1-3-4-8(9(10)12)11(2)7-5-13-6-7/h4,7H,3,5-6H2,1-2H3,(H2,10,12). The number of hydrogen-bond acceptors (Lipinski definition) is 3. The first-order valence-corrected chi connectivity index (χ1v) is 4.47. The summed E-state index contributed by atoms with van der Waals surface area (Å²) in [4.78, 5) is 12.9. The number of carbonyl (C=O) groups is 1. The van der Waals surface area contributed by atoms with Crippen molar-refractivity contribution in [3.05, 3.63) is 11.8 Å². The second-order valence-electron chi connectivity index (χ2n) is 3.16. The van der Waals surface area contributed by atoms with Crippen molar-refractivity contribution in [1.82, 2.24) is 4.90 Å². The molecule has 0 radical (unpaired) electrons. The van der Waals surface area contributed by atoms with E-state index in [2.05, 4.69) is 0 Å². The molecule has 0 aromatic carbocycles. The van der Waals surface area contributed by atoms with E-state index in [1.54, 1.807) is 0 Å². The molecule has 1 saturated heterocycles. The molecule has 0 aliphatic carbocycles. The molecule has 0 aromatic heterocycles. The molecule has 1 aliphatic rings. The van der Waals surface area contributed by atoms with Gasteiger partial charge in [0, 0.05) is 7.05 Å². The number of hydrogen-bond donors (Lipinski definition) is 1. The molecule has 2 N–H and O–H groups in total. The van der Waals surface area contributed by atoms with Crippen LogP contribution >= 0.6 is 0 Å². The zero-order valence-corrected chi connectivity index (χ0v) is 8.12. The van der Waals surface area contributed by atoms with Crippen LogP contribution in [0.2, 0.25) is 0 Å². The van der Waals surface area contributed by atoms with Gasteiger partial charge in [-0.2, -0.15) is 0 Å². The topological polar surface area (TPSA) is 55.6 Å². The van der Waals surface area contributed by atoms with Gasteiger partial charge in [0.05, 0.1) is 25.0 Å². The van der Waals surface area contributed by atoms with Crippen molar-refractivity contribution in [2.24, 2.45) is 5.73 Å². The number of ether oxygens (including phenoxy) is 1. The second-order valence-corrected chi connectivity index (χ2v) is 3.16. The number of primary amides is 1. The van der Waals surface area contributed by atoms with Gasteiger partial charge in [-0.05, 0) is 6.42 Å². The molecule has 4 heteroatoms. The maximum atomic E-state index is 11.0. The van der Waals surface area contributed by atoms with Crippen LogP contribution in [0.15, 0.2) is 11.8 Å². The number of nitrogens with two attached hydrogens (primary N) is 1. The number of carbonyl (C=O) groups excluding carboxylic acids is 1. The molecule has 4 nitrogen and oxygen atoms in total. The predicted molar refractivity (Wildman–Crippen MR) is 49.9 cm³/mol. The van der Waals surface area contributed by atoms with E-state index in [1.807, 2.05) is 24.9 Å². The summed E-state index contributed by atoms with van der Waals surface area (Å²) in [5.41, 5.74) is 5.84. The Balaban J connectivity index is 2.63. The third kappa shape index (κ3) is 2.21. The maximum Gasteiger partial charge on any atom is 0.264 e. The summed E-state index contributed by atoms with van der Waals surface area (Å²) in [5.74, 6) is -0.365. The minimum absolute atomic E-state index is 0.310. The summed E-state index contributed by atoms with van der Waals surface area (Å²) in [7, 11) is 1.87. The van der Waals surface area contributed by atoms with E-state index in [-0.39, 0.29) is 5.91 Å². The highest BCUT2D eigenvalue weighted by atomic mass is 16.5. The van der Waals surface area contributed by atoms with Gasteiger partial charge in [-0.3, -0.25) is 4.79 Å². The fourth-order valence-corrected chi connectivity index (χ4v) is 1.26. The number of rotatable bonds is 4. The quantitative estimate of drug-likeness (QED) is 0.630. The number of allylic oxidation sites excluding steroid dienone is 1. The van der Waals surface area contributed by atoms with Crippen molar-refractivity contribution in [2.45, 2.75) is 19.4 Å². The Kier molecular flexibility index (Phi) is 3.31. The third-order valence-corrected chi connectivity index (χ3v) is 2.20. The molecular formula is C9H16N2O2. The molecule has 1 aliphatic heterocycles. The van der Waals surface area contributed by atoms with Crippen molar-refractivity contribution in [3.63, 3.8) is 0 Å². The van der Waals surface area contributed by atoms with Gasteiger partial charge in [0.25, 0.3) is 5.91 Å². The molecule has 0 saturated carbocycles. The lowest BCUT2D eigenvalue weighted by molar-refractivity contribution is -0.117. The Morgan fingerprint density at radius 1 is 1.69 bits per heavy atom. The molecule has 13 heavy (non-hydrogen) atoms. The van der Waals surface area contributed by atoms with E-state index in [0.717, 1.165) is 6.42 Å². The highest BCUT2D eigenvalue weighted by molar-refractivity contribution is 5.91. The van der Waals surface area contributed by atoms with E-state index in [9.17, 15) is 4.79 Å². The highest BCUT2D eigenvalue weighted by Crippen LogP contribution is 2.14. The van der Waals surface area contributed by atoms with Crippen molar-refractivity contribution in [3.8, 4) is 0 Å². The van der Waals surface area contributed by atoms with Crippen LogP contribution in [0.25, 0.3) is 0 Å². The average molecular weight is 184 g/mol. The van der Waals surface area contributed by atoms with Crippen LogP contribution in [0.5, 0.6) is 0 Å². The fourth-order valence-electron chi connectivity index (χ4n) is 1.26. The average Bonchev–Trinajstić information content (AvgIpc) is 1.95. The second kappa shape index (κ2) is 4.28. The summed E-state index contributed by atoms with van der Waals surface area (Å²) in [6.07, 6.45) is 2.66. The van der Waals surface area contributed by atoms with Crippen LogP contribution in [-0.2, 0) is 9.53 Å². The van der Waals surface area contributed by atoms with Gasteiger partial charge in [-0.15, -0.1) is 0 Å². The van der Waals surface area contributed by atoms with E-state index in [0.29, 0.717) is 25.0 Å². The molecule has 1 fully saturated rings. The Bertz CT molecular complexity index is 222. The first kappa shape index (κ1) is 10.1. The van der Waals surface area contributed by atoms with Crippen LogP contribution in [-0.4, -0.2) is 37.1 Å². The van der Waals surface area contributed by atoms with E-state index >= 15 is 0 Å². The molecule has 0 atom stereocenters. The molecule has 74 valence electrons. The van der Waals surface area contributed by atoms with E-state index < -0.39 is 0 Å². The predicted octanol–water partition coefficient (Wildman–Crippen LogP) is 0.0962. The van der Waals surface area contributed by atoms with Crippen molar-refractivity contribution < 1.29 is 9.53 Å². The summed E-state index contributed by atoms with van der Waals surface area (Å²) >= 11 is 0. The van der Waals surface area contributed by atoms with E-state index in [1.165, 1.54) is 0 Å². The minimum Gasteiger partial charge on any atom is -0.377 e. The van der Waals surface area contributed by atoms with Gasteiger partial charge >= 0.3 is 0 Å². The molecule has 0 spiro atoms. The van der Waals surface area contributed by atoms with Gasteiger partial charge in [0.1, 0.15) is 0 Å². The molecule has 1 amide bonds. The monoisotopic (exact) mass is 184 g/mol. The van der Waals surface area contributed by atoms with Gasteiger partial charge in [0.15, 0.2) is 0 Å². The minimum atomic E-state index is -0.365. The number of amides is 1. The molecule has 0 bridgehead atoms. The van der Waals surface area contributed by atoms with Gasteiger partial charge in [-0.25, -0.2) is 0 Å². The van der Waals surface area contributed by atoms with Crippen LogP contribution < -0.4 is 5.73 Å². The molecule has 0 unspecified atom stereocenters. The number of likely N-dealkylation sites (N-methyl/N-ethyl adjacent to an activating group) is 1. The first-order valence-electron chi connectivity index (χ1n) is 4.47. The Labute approximate surface area is 78.3 Å². The van der Waals surface area contributed by atoms with Crippen molar-refractivity contribution in [1.29, 1.82) is 0 Å². The van der Waals surface area contributed by atoms with Crippen LogP contribution in [0.4, 0.5) is 0 Å². The molecular weight excluding hydrogens is 168 g/mol. The lowest BCUT2D eigenvalue weighted by atomic mass is 10.2. The van der Waals surface area contributed by atoms with Gasteiger partial charge in [0.2, 0.25) is 0 Å². The van der Waals surface area contributed by atoms with Crippen LogP contribution in [0.1, 0.15) is 13.3 Å².